The standard InChI is InChI=1S/C20H25N5O3S/c1-29(26,27)12-11-25-19-4-3-18(13-17(19)14-23-25)28-15-16-5-9-24(10-6-16)20-21-7-2-8-22-20/h2-4,7-8,13-14,16H,5-6,9-12,15H2,1H3. The van der Waals surface area contributed by atoms with Crippen molar-refractivity contribution in [2.45, 2.75) is 19.4 Å². The fraction of sp³-hybridized carbons (Fsp3) is 0.450. The normalized spacial score (nSPS) is 17.4. The van der Waals surface area contributed by atoms with E-state index in [1.165, 1.54) is 6.26 Å². The van der Waals surface area contributed by atoms with Gasteiger partial charge >= 0.3 is 0 Å². The molecule has 1 saturated heterocycles. The molecule has 1 aromatic carbocycles. The van der Waals surface area contributed by atoms with Crippen LogP contribution < -0.4 is 9.64 Å². The minimum Gasteiger partial charge on any atom is -0.615 e. The van der Waals surface area contributed by atoms with Crippen LogP contribution in [0.4, 0.5) is 5.95 Å². The van der Waals surface area contributed by atoms with E-state index in [1.807, 2.05) is 24.3 Å². The molecule has 1 aliphatic heterocycles. The summed E-state index contributed by atoms with van der Waals surface area (Å²) < 4.78 is 30.5. The average molecular weight is 416 g/mol. The minimum absolute atomic E-state index is 0.0781. The number of hydrogen-bond donors (Lipinski definition) is 0. The fourth-order valence-corrected chi connectivity index (χ4v) is 4.06. The Kier molecular flexibility index (Phi) is 5.77. The van der Waals surface area contributed by atoms with Crippen LogP contribution in [-0.2, 0) is 21.0 Å². The van der Waals surface area contributed by atoms with E-state index in [0.29, 0.717) is 19.1 Å². The molecule has 3 heterocycles. The van der Waals surface area contributed by atoms with Crippen LogP contribution in [0.2, 0.25) is 0 Å². The molecule has 9 heteroatoms. The molecular weight excluding hydrogens is 390 g/mol. The minimum atomic E-state index is -3.02. The molecule has 0 N–H and O–H groups in total. The van der Waals surface area contributed by atoms with Crippen LogP contribution in [0.3, 0.4) is 0 Å². The summed E-state index contributed by atoms with van der Waals surface area (Å²) in [6, 6.07) is 7.66. The highest BCUT2D eigenvalue weighted by molar-refractivity contribution is 7.96. The Morgan fingerprint density at radius 1 is 1.24 bits per heavy atom. The Morgan fingerprint density at radius 2 is 2.00 bits per heavy atom. The van der Waals surface area contributed by atoms with E-state index < -0.39 is 10.2 Å². The van der Waals surface area contributed by atoms with Crippen molar-refractivity contribution < 1.29 is 13.5 Å². The fourth-order valence-electron chi connectivity index (χ4n) is 3.55. The lowest BCUT2D eigenvalue weighted by Gasteiger charge is -2.31. The number of sulfone groups is 1. The van der Waals surface area contributed by atoms with E-state index in [0.717, 1.165) is 48.5 Å². The number of rotatable bonds is 7. The van der Waals surface area contributed by atoms with Crippen LogP contribution in [0.1, 0.15) is 12.8 Å². The zero-order chi connectivity index (χ0) is 20.3. The predicted molar refractivity (Wildman–Crippen MR) is 112 cm³/mol. The first-order valence-electron chi connectivity index (χ1n) is 9.76. The number of fused-ring (bicyclic) bond motifs is 1. The lowest BCUT2D eigenvalue weighted by Crippen LogP contribution is -2.36. The van der Waals surface area contributed by atoms with E-state index in [4.69, 9.17) is 4.74 Å². The molecule has 3 aromatic rings. The van der Waals surface area contributed by atoms with Crippen LogP contribution >= 0.6 is 0 Å². The summed E-state index contributed by atoms with van der Waals surface area (Å²) in [6.07, 6.45) is 8.63. The third-order valence-corrected chi connectivity index (χ3v) is 6.15. The van der Waals surface area contributed by atoms with E-state index in [2.05, 4.69) is 20.0 Å². The van der Waals surface area contributed by atoms with Gasteiger partial charge in [-0.05, 0) is 43.0 Å². The van der Waals surface area contributed by atoms with Gasteiger partial charge in [-0.3, -0.25) is 4.68 Å². The highest BCUT2D eigenvalue weighted by atomic mass is 32.3. The van der Waals surface area contributed by atoms with Gasteiger partial charge < -0.3 is 14.2 Å². The first-order chi connectivity index (χ1) is 14.0. The third-order valence-electron chi connectivity index (χ3n) is 5.22. The molecule has 1 unspecified atom stereocenters. The van der Waals surface area contributed by atoms with Gasteiger partial charge in [-0.2, -0.15) is 5.10 Å². The topological polar surface area (TPSA) is 96.2 Å². The Hall–Kier alpha value is -2.52. The summed E-state index contributed by atoms with van der Waals surface area (Å²) in [5.41, 5.74) is 0.914. The summed E-state index contributed by atoms with van der Waals surface area (Å²) in [4.78, 5) is 10.9. The van der Waals surface area contributed by atoms with Gasteiger partial charge in [0, 0.05) is 41.1 Å². The van der Waals surface area contributed by atoms with Crippen molar-refractivity contribution in [1.82, 2.24) is 19.7 Å². The number of piperidine rings is 1. The monoisotopic (exact) mass is 415 g/mol. The Balaban J connectivity index is 1.31. The van der Waals surface area contributed by atoms with Gasteiger partial charge in [0.1, 0.15) is 11.5 Å². The maximum atomic E-state index is 11.4. The summed E-state index contributed by atoms with van der Waals surface area (Å²) in [5.74, 6) is 2.19. The largest absolute Gasteiger partial charge is 0.615 e. The van der Waals surface area contributed by atoms with Crippen molar-refractivity contribution in [2.24, 2.45) is 5.92 Å². The van der Waals surface area contributed by atoms with Crippen molar-refractivity contribution in [3.05, 3.63) is 42.9 Å². The van der Waals surface area contributed by atoms with Crippen molar-refractivity contribution in [3.8, 4) is 5.75 Å². The average Bonchev–Trinajstić information content (AvgIpc) is 3.13. The maximum Gasteiger partial charge on any atom is 0.225 e. The predicted octanol–water partition coefficient (Wildman–Crippen LogP) is 2.38. The molecule has 1 aliphatic rings. The van der Waals surface area contributed by atoms with Crippen molar-refractivity contribution >= 4 is 27.1 Å². The molecule has 0 amide bonds. The number of hydrogen-bond acceptors (Lipinski definition) is 7. The summed E-state index contributed by atoms with van der Waals surface area (Å²) in [7, 11) is -3.02. The van der Waals surface area contributed by atoms with Crippen LogP contribution in [-0.4, -0.2) is 56.0 Å². The molecule has 0 bridgehead atoms. The van der Waals surface area contributed by atoms with Gasteiger partial charge in [0.05, 0.1) is 31.1 Å². The van der Waals surface area contributed by atoms with Crippen LogP contribution in [0.5, 0.6) is 5.75 Å². The molecular formula is C20H25N5O3S. The van der Waals surface area contributed by atoms with E-state index in [-0.39, 0.29) is 5.75 Å². The summed E-state index contributed by atoms with van der Waals surface area (Å²) >= 11 is 0. The van der Waals surface area contributed by atoms with Gasteiger partial charge in [-0.25, -0.2) is 9.97 Å². The Labute approximate surface area is 171 Å². The third kappa shape index (κ3) is 5.10. The molecule has 0 saturated carbocycles. The van der Waals surface area contributed by atoms with Crippen molar-refractivity contribution in [1.29, 1.82) is 0 Å². The highest BCUT2D eigenvalue weighted by Gasteiger charge is 2.21. The zero-order valence-electron chi connectivity index (χ0n) is 16.4. The van der Waals surface area contributed by atoms with Crippen LogP contribution in [0.25, 0.3) is 10.9 Å². The summed E-state index contributed by atoms with van der Waals surface area (Å²) in [6.45, 7) is 2.90. The maximum absolute atomic E-state index is 11.4. The zero-order valence-corrected chi connectivity index (χ0v) is 17.3. The number of aromatic nitrogens is 4. The number of anilines is 1. The number of nitrogens with zero attached hydrogens (tertiary/aromatic N) is 5. The van der Waals surface area contributed by atoms with Gasteiger partial charge in [0.15, 0.2) is 0 Å². The lowest BCUT2D eigenvalue weighted by molar-refractivity contribution is 0.222. The Morgan fingerprint density at radius 3 is 2.72 bits per heavy atom. The quantitative estimate of drug-likeness (QED) is 0.547. The molecule has 154 valence electrons. The molecule has 0 aliphatic carbocycles. The van der Waals surface area contributed by atoms with Gasteiger partial charge in [-0.1, -0.05) is 0 Å². The molecule has 8 nitrogen and oxygen atoms in total. The second-order valence-corrected chi connectivity index (χ2v) is 9.77. The van der Waals surface area contributed by atoms with Crippen LogP contribution in [0.15, 0.2) is 42.9 Å². The molecule has 2 aromatic heterocycles. The molecule has 4 rings (SSSR count). The van der Waals surface area contributed by atoms with E-state index in [9.17, 15) is 8.76 Å². The smallest absolute Gasteiger partial charge is 0.225 e. The summed E-state index contributed by atoms with van der Waals surface area (Å²) in [5, 5.41) is 5.26. The SMILES string of the molecule is C[S+](=O)([O-])CCn1ncc2cc(OCC3CCN(c4ncccn4)CC3)ccc21. The Bertz CT molecular complexity index is 996. The number of ether oxygens (including phenoxy) is 1. The number of aryl methyl sites for hydroxylation is 1. The van der Waals surface area contributed by atoms with Crippen molar-refractivity contribution in [2.75, 3.05) is 36.6 Å². The molecule has 0 radical (unpaired) electrons. The first-order valence-corrected chi connectivity index (χ1v) is 11.8. The van der Waals surface area contributed by atoms with E-state index in [1.54, 1.807) is 23.3 Å². The highest BCUT2D eigenvalue weighted by Crippen LogP contribution is 2.24. The molecule has 1 fully saturated rings. The second-order valence-electron chi connectivity index (χ2n) is 7.51. The first kappa shape index (κ1) is 19.8. The lowest BCUT2D eigenvalue weighted by atomic mass is 9.98. The molecule has 1 atom stereocenters. The van der Waals surface area contributed by atoms with Gasteiger partial charge in [-0.15, -0.1) is 4.21 Å². The molecule has 0 spiro atoms. The van der Waals surface area contributed by atoms with Gasteiger partial charge in [0.25, 0.3) is 0 Å². The van der Waals surface area contributed by atoms with Crippen LogP contribution in [0, 0.1) is 5.92 Å². The number of benzene rings is 1. The second kappa shape index (κ2) is 8.46. The van der Waals surface area contributed by atoms with Gasteiger partial charge in [0.2, 0.25) is 5.95 Å². The van der Waals surface area contributed by atoms with Crippen molar-refractivity contribution in [3.63, 3.8) is 0 Å². The van der Waals surface area contributed by atoms with E-state index >= 15 is 0 Å². The molecule has 29 heavy (non-hydrogen) atoms.